The van der Waals surface area contributed by atoms with Crippen LogP contribution in [0.25, 0.3) is 0 Å². The number of rotatable bonds is 2. The fourth-order valence-corrected chi connectivity index (χ4v) is 2.05. The normalized spacial score (nSPS) is 23.9. The molecule has 1 unspecified atom stereocenters. The minimum Gasteiger partial charge on any atom is -0.372 e. The third-order valence-corrected chi connectivity index (χ3v) is 2.91. The third kappa shape index (κ3) is 1.60. The minimum absolute atomic E-state index is 0.311. The van der Waals surface area contributed by atoms with Crippen LogP contribution in [0.5, 0.6) is 0 Å². The summed E-state index contributed by atoms with van der Waals surface area (Å²) in [5.74, 6) is -0.437. The van der Waals surface area contributed by atoms with E-state index in [-0.39, 0.29) is 0 Å². The number of aliphatic hydroxyl groups is 1. The molecule has 0 saturated carbocycles. The van der Waals surface area contributed by atoms with Crippen LogP contribution >= 0.6 is 0 Å². The molecule has 5 nitrogen and oxygen atoms in total. The van der Waals surface area contributed by atoms with Gasteiger partial charge >= 0.3 is 0 Å². The molecule has 0 spiro atoms. The molecule has 0 fully saturated rings. The maximum atomic E-state index is 12.1. The number of anilines is 1. The van der Waals surface area contributed by atoms with Crippen molar-refractivity contribution in [2.45, 2.75) is 12.5 Å². The van der Waals surface area contributed by atoms with E-state index in [1.54, 1.807) is 38.2 Å². The molecule has 0 saturated heterocycles. The molecule has 90 valence electrons. The Morgan fingerprint density at radius 2 is 2.12 bits per heavy atom. The number of para-hydroxylation sites is 1. The largest absolute Gasteiger partial charge is 0.372 e. The van der Waals surface area contributed by atoms with Crippen LogP contribution in [0.3, 0.4) is 0 Å². The van der Waals surface area contributed by atoms with Gasteiger partial charge in [-0.05, 0) is 19.1 Å². The number of benzene rings is 1. The van der Waals surface area contributed by atoms with E-state index >= 15 is 0 Å². The summed E-state index contributed by atoms with van der Waals surface area (Å²) in [4.78, 5) is 13.5. The second kappa shape index (κ2) is 3.87. The summed E-state index contributed by atoms with van der Waals surface area (Å²) in [7, 11) is 1.61. The van der Waals surface area contributed by atoms with Crippen LogP contribution in [0.15, 0.2) is 36.0 Å². The first-order valence-corrected chi connectivity index (χ1v) is 5.20. The van der Waals surface area contributed by atoms with E-state index < -0.39 is 11.5 Å². The number of carbonyl (C=O) groups is 1. The Labute approximate surface area is 98.9 Å². The van der Waals surface area contributed by atoms with Gasteiger partial charge in [-0.15, -0.1) is 0 Å². The predicted octanol–water partition coefficient (Wildman–Crippen LogP) is 0.733. The molecule has 5 heteroatoms. The first kappa shape index (κ1) is 11.6. The van der Waals surface area contributed by atoms with Crippen molar-refractivity contribution >= 4 is 11.6 Å². The molecule has 1 aromatic carbocycles. The summed E-state index contributed by atoms with van der Waals surface area (Å²) in [6.07, 6.45) is 1.30. The van der Waals surface area contributed by atoms with Crippen molar-refractivity contribution < 1.29 is 15.1 Å². The van der Waals surface area contributed by atoms with Crippen LogP contribution in [0.4, 0.5) is 5.69 Å². The Bertz CT molecular complexity index is 498. The number of hydrogen-bond acceptors (Lipinski definition) is 4. The Kier molecular flexibility index (Phi) is 2.65. The Morgan fingerprint density at radius 1 is 1.47 bits per heavy atom. The van der Waals surface area contributed by atoms with Gasteiger partial charge in [0.2, 0.25) is 0 Å². The molecule has 1 amide bonds. The van der Waals surface area contributed by atoms with Gasteiger partial charge in [0.1, 0.15) is 0 Å². The van der Waals surface area contributed by atoms with E-state index in [9.17, 15) is 9.90 Å². The van der Waals surface area contributed by atoms with Crippen LogP contribution < -0.4 is 10.4 Å². The summed E-state index contributed by atoms with van der Waals surface area (Å²) in [6.45, 7) is 1.56. The molecule has 0 aliphatic carbocycles. The molecule has 1 aromatic rings. The second-order valence-corrected chi connectivity index (χ2v) is 4.09. The number of fused-ring (bicyclic) bond motifs is 1. The lowest BCUT2D eigenvalue weighted by molar-refractivity contribution is -0.131. The fraction of sp³-hybridized carbons (Fsp3) is 0.250. The average Bonchev–Trinajstić information content (AvgIpc) is 2.53. The molecule has 2 rings (SSSR count). The van der Waals surface area contributed by atoms with E-state index in [1.165, 1.54) is 11.0 Å². The number of allylic oxidation sites excluding steroid dienone is 1. The number of hydrogen-bond donors (Lipinski definition) is 3. The number of amides is 1. The van der Waals surface area contributed by atoms with Crippen molar-refractivity contribution in [3.8, 4) is 0 Å². The van der Waals surface area contributed by atoms with E-state index in [2.05, 4.69) is 0 Å². The lowest BCUT2D eigenvalue weighted by Gasteiger charge is -2.18. The molecule has 1 heterocycles. The molecule has 1 aliphatic rings. The zero-order chi connectivity index (χ0) is 12.6. The van der Waals surface area contributed by atoms with Crippen LogP contribution in [0.2, 0.25) is 0 Å². The Balaban J connectivity index is 2.60. The first-order valence-electron chi connectivity index (χ1n) is 5.20. The van der Waals surface area contributed by atoms with Crippen LogP contribution in [-0.4, -0.2) is 23.3 Å². The van der Waals surface area contributed by atoms with Crippen LogP contribution in [0.1, 0.15) is 12.5 Å². The predicted molar refractivity (Wildman–Crippen MR) is 62.4 cm³/mol. The smallest absolute Gasteiger partial charge is 0.267 e. The lowest BCUT2D eigenvalue weighted by Crippen LogP contribution is -2.37. The number of likely N-dealkylation sites (N-methyl/N-ethyl adjacent to an activating group) is 1. The lowest BCUT2D eigenvalue weighted by atomic mass is 9.94. The molecule has 1 aliphatic heterocycles. The molecule has 0 aromatic heterocycles. The van der Waals surface area contributed by atoms with Gasteiger partial charge in [-0.1, -0.05) is 18.2 Å². The van der Waals surface area contributed by atoms with Gasteiger partial charge in [-0.25, -0.2) is 0 Å². The van der Waals surface area contributed by atoms with Gasteiger partial charge < -0.3 is 10.0 Å². The standard InChI is InChI=1S/C12H14N2O3/c1-8(13-17)7-12(16)9-5-3-4-6-10(9)14(2)11(12)15/h3-7,13,16-17H,1-2H3. The highest BCUT2D eigenvalue weighted by atomic mass is 16.5. The molecule has 3 N–H and O–H groups in total. The monoisotopic (exact) mass is 234 g/mol. The maximum Gasteiger partial charge on any atom is 0.267 e. The summed E-state index contributed by atoms with van der Waals surface area (Å²) >= 11 is 0. The van der Waals surface area contributed by atoms with E-state index in [4.69, 9.17) is 5.21 Å². The van der Waals surface area contributed by atoms with Crippen molar-refractivity contribution in [3.63, 3.8) is 0 Å². The number of carbonyl (C=O) groups excluding carboxylic acids is 1. The molecule has 17 heavy (non-hydrogen) atoms. The summed E-state index contributed by atoms with van der Waals surface area (Å²) < 4.78 is 0. The van der Waals surface area contributed by atoms with Crippen molar-refractivity contribution in [1.82, 2.24) is 5.48 Å². The third-order valence-electron chi connectivity index (χ3n) is 2.91. The quantitative estimate of drug-likeness (QED) is 0.660. The maximum absolute atomic E-state index is 12.1. The zero-order valence-electron chi connectivity index (χ0n) is 9.64. The van der Waals surface area contributed by atoms with E-state index in [0.29, 0.717) is 16.9 Å². The van der Waals surface area contributed by atoms with Gasteiger partial charge in [0.25, 0.3) is 5.91 Å². The van der Waals surface area contributed by atoms with Crippen molar-refractivity contribution in [2.75, 3.05) is 11.9 Å². The number of nitrogens with one attached hydrogen (secondary N) is 1. The molecule has 1 atom stereocenters. The number of hydroxylamine groups is 1. The highest BCUT2D eigenvalue weighted by Crippen LogP contribution is 2.40. The van der Waals surface area contributed by atoms with Crippen LogP contribution in [0, 0.1) is 0 Å². The van der Waals surface area contributed by atoms with Crippen molar-refractivity contribution in [1.29, 1.82) is 0 Å². The zero-order valence-corrected chi connectivity index (χ0v) is 9.64. The second-order valence-electron chi connectivity index (χ2n) is 4.09. The topological polar surface area (TPSA) is 72.8 Å². The summed E-state index contributed by atoms with van der Waals surface area (Å²) in [5, 5.41) is 19.2. The Morgan fingerprint density at radius 3 is 2.76 bits per heavy atom. The molecular formula is C12H14N2O3. The number of nitrogens with zero attached hydrogens (tertiary/aromatic N) is 1. The van der Waals surface area contributed by atoms with Gasteiger partial charge in [-0.2, -0.15) is 0 Å². The summed E-state index contributed by atoms with van der Waals surface area (Å²) in [5.41, 5.74) is 1.69. The van der Waals surface area contributed by atoms with Gasteiger partial charge in [-0.3, -0.25) is 15.5 Å². The first-order chi connectivity index (χ1) is 8.00. The van der Waals surface area contributed by atoms with Crippen molar-refractivity contribution in [2.24, 2.45) is 0 Å². The molecule has 0 radical (unpaired) electrons. The molecule has 0 bridgehead atoms. The minimum atomic E-state index is -1.72. The van der Waals surface area contributed by atoms with Gasteiger partial charge in [0.05, 0.1) is 5.69 Å². The highest BCUT2D eigenvalue weighted by Gasteiger charge is 2.46. The SMILES string of the molecule is CC(=CC1(O)C(=O)N(C)c2ccccc21)NO. The highest BCUT2D eigenvalue weighted by molar-refractivity contribution is 6.07. The van der Waals surface area contributed by atoms with E-state index in [1.807, 2.05) is 5.48 Å². The van der Waals surface area contributed by atoms with Crippen molar-refractivity contribution in [3.05, 3.63) is 41.6 Å². The summed E-state index contributed by atoms with van der Waals surface area (Å²) in [6, 6.07) is 7.01. The Hall–Kier alpha value is -1.85. The van der Waals surface area contributed by atoms with Crippen LogP contribution in [-0.2, 0) is 10.4 Å². The van der Waals surface area contributed by atoms with Gasteiger partial charge in [0, 0.05) is 18.3 Å². The average molecular weight is 234 g/mol. The fourth-order valence-electron chi connectivity index (χ4n) is 2.05. The van der Waals surface area contributed by atoms with Gasteiger partial charge in [0.15, 0.2) is 5.60 Å². The van der Waals surface area contributed by atoms with E-state index in [0.717, 1.165) is 0 Å². The molecular weight excluding hydrogens is 220 g/mol.